The lowest BCUT2D eigenvalue weighted by Crippen LogP contribution is -2.39. The Morgan fingerprint density at radius 3 is 2.59 bits per heavy atom. The molecule has 1 fully saturated rings. The molecule has 1 heterocycles. The molecule has 0 spiro atoms. The minimum absolute atomic E-state index is 0.0348. The Morgan fingerprint density at radius 2 is 1.88 bits per heavy atom. The van der Waals surface area contributed by atoms with Crippen LogP contribution < -0.4 is 5.32 Å². The molecule has 0 amide bonds. The van der Waals surface area contributed by atoms with Gasteiger partial charge in [0.2, 0.25) is 5.28 Å². The molecular formula is C10H14Cl2N4O. The van der Waals surface area contributed by atoms with Crippen molar-refractivity contribution in [2.75, 3.05) is 11.9 Å². The van der Waals surface area contributed by atoms with Crippen LogP contribution in [0.2, 0.25) is 10.4 Å². The van der Waals surface area contributed by atoms with Gasteiger partial charge in [-0.3, -0.25) is 0 Å². The second-order valence-electron chi connectivity index (χ2n) is 4.36. The predicted molar refractivity (Wildman–Crippen MR) is 66.4 cm³/mol. The van der Waals surface area contributed by atoms with E-state index >= 15 is 0 Å². The van der Waals surface area contributed by atoms with E-state index in [1.165, 1.54) is 6.42 Å². The van der Waals surface area contributed by atoms with Crippen molar-refractivity contribution in [3.05, 3.63) is 10.4 Å². The Morgan fingerprint density at radius 1 is 1.18 bits per heavy atom. The van der Waals surface area contributed by atoms with E-state index in [4.69, 9.17) is 23.2 Å². The number of hydrogen-bond acceptors (Lipinski definition) is 5. The lowest BCUT2D eigenvalue weighted by molar-refractivity contribution is 0.0166. The summed E-state index contributed by atoms with van der Waals surface area (Å²) in [5.74, 6) is 0.366. The Balaban J connectivity index is 1.99. The maximum Gasteiger partial charge on any atom is 0.245 e. The van der Waals surface area contributed by atoms with Crippen LogP contribution >= 0.6 is 23.2 Å². The van der Waals surface area contributed by atoms with E-state index < -0.39 is 5.60 Å². The van der Waals surface area contributed by atoms with Crippen LogP contribution in [-0.4, -0.2) is 32.4 Å². The van der Waals surface area contributed by atoms with Gasteiger partial charge >= 0.3 is 0 Å². The third kappa shape index (κ3) is 3.40. The van der Waals surface area contributed by atoms with E-state index in [0.717, 1.165) is 25.7 Å². The van der Waals surface area contributed by atoms with Gasteiger partial charge in [-0.05, 0) is 24.4 Å². The zero-order chi connectivity index (χ0) is 12.3. The van der Waals surface area contributed by atoms with Crippen LogP contribution in [0.5, 0.6) is 0 Å². The molecule has 0 bridgehead atoms. The van der Waals surface area contributed by atoms with E-state index in [-0.39, 0.29) is 10.4 Å². The van der Waals surface area contributed by atoms with E-state index in [1.807, 2.05) is 0 Å². The van der Waals surface area contributed by atoms with Gasteiger partial charge in [0.25, 0.3) is 0 Å². The fourth-order valence-corrected chi connectivity index (χ4v) is 2.31. The molecule has 1 aromatic rings. The molecule has 0 atom stereocenters. The van der Waals surface area contributed by atoms with Gasteiger partial charge in [0.15, 0.2) is 11.0 Å². The molecule has 0 aliphatic heterocycles. The number of anilines is 1. The summed E-state index contributed by atoms with van der Waals surface area (Å²) in [5, 5.41) is 20.6. The molecule has 17 heavy (non-hydrogen) atoms. The van der Waals surface area contributed by atoms with Gasteiger partial charge in [0.05, 0.1) is 5.60 Å². The third-order valence-electron chi connectivity index (χ3n) is 2.99. The first-order valence-corrected chi connectivity index (χ1v) is 6.37. The molecule has 1 aliphatic rings. The van der Waals surface area contributed by atoms with Crippen LogP contribution in [0.4, 0.5) is 5.82 Å². The fourth-order valence-electron chi connectivity index (χ4n) is 2.04. The highest BCUT2D eigenvalue weighted by atomic mass is 35.5. The first-order chi connectivity index (χ1) is 8.09. The van der Waals surface area contributed by atoms with Gasteiger partial charge in [0.1, 0.15) is 0 Å². The monoisotopic (exact) mass is 276 g/mol. The van der Waals surface area contributed by atoms with Crippen molar-refractivity contribution in [3.8, 4) is 0 Å². The number of nitrogens with zero attached hydrogens (tertiary/aromatic N) is 3. The molecule has 7 heteroatoms. The summed E-state index contributed by atoms with van der Waals surface area (Å²) in [6.45, 7) is 0.405. The molecule has 1 aliphatic carbocycles. The molecule has 0 aromatic carbocycles. The van der Waals surface area contributed by atoms with Crippen molar-refractivity contribution in [1.82, 2.24) is 15.2 Å². The topological polar surface area (TPSA) is 70.9 Å². The van der Waals surface area contributed by atoms with Crippen LogP contribution in [-0.2, 0) is 0 Å². The highest BCUT2D eigenvalue weighted by molar-refractivity contribution is 6.32. The Kier molecular flexibility index (Phi) is 4.01. The first-order valence-electron chi connectivity index (χ1n) is 5.61. The number of halogens is 2. The normalized spacial score (nSPS) is 19.0. The standard InChI is InChI=1S/C10H14Cl2N4O/c11-7-8(14-9(12)16-15-7)13-6-10(17)4-2-1-3-5-10/h17H,1-6H2,(H,13,14,16). The lowest BCUT2D eigenvalue weighted by Gasteiger charge is -2.32. The van der Waals surface area contributed by atoms with Crippen LogP contribution in [0, 0.1) is 0 Å². The van der Waals surface area contributed by atoms with Crippen molar-refractivity contribution in [1.29, 1.82) is 0 Å². The number of aliphatic hydroxyl groups is 1. The first kappa shape index (κ1) is 12.8. The Labute approximate surface area is 110 Å². The summed E-state index contributed by atoms with van der Waals surface area (Å²) in [4.78, 5) is 3.93. The third-order valence-corrected chi connectivity index (χ3v) is 3.40. The summed E-state index contributed by atoms with van der Waals surface area (Å²) in [6.07, 6.45) is 4.88. The number of nitrogens with one attached hydrogen (secondary N) is 1. The summed E-state index contributed by atoms with van der Waals surface area (Å²) in [7, 11) is 0. The molecule has 0 radical (unpaired) electrons. The summed E-state index contributed by atoms with van der Waals surface area (Å²) in [5.41, 5.74) is -0.682. The highest BCUT2D eigenvalue weighted by Crippen LogP contribution is 2.28. The van der Waals surface area contributed by atoms with Gasteiger partial charge in [-0.25, -0.2) is 0 Å². The molecular weight excluding hydrogens is 263 g/mol. The highest BCUT2D eigenvalue weighted by Gasteiger charge is 2.29. The zero-order valence-corrected chi connectivity index (χ0v) is 10.8. The van der Waals surface area contributed by atoms with Crippen LogP contribution in [0.25, 0.3) is 0 Å². The average molecular weight is 277 g/mol. The van der Waals surface area contributed by atoms with Crippen molar-refractivity contribution < 1.29 is 5.11 Å². The van der Waals surface area contributed by atoms with Gasteiger partial charge in [-0.1, -0.05) is 30.9 Å². The second-order valence-corrected chi connectivity index (χ2v) is 5.05. The Bertz CT molecular complexity index is 396. The van der Waals surface area contributed by atoms with E-state index in [2.05, 4.69) is 20.5 Å². The maximum absolute atomic E-state index is 10.3. The van der Waals surface area contributed by atoms with E-state index in [1.54, 1.807) is 0 Å². The number of hydrogen-bond donors (Lipinski definition) is 2. The van der Waals surface area contributed by atoms with Crippen LogP contribution in [0.1, 0.15) is 32.1 Å². The largest absolute Gasteiger partial charge is 0.388 e. The van der Waals surface area contributed by atoms with Gasteiger partial charge < -0.3 is 10.4 Å². The molecule has 1 saturated carbocycles. The average Bonchev–Trinajstić information content (AvgIpc) is 2.31. The lowest BCUT2D eigenvalue weighted by atomic mass is 9.85. The molecule has 2 rings (SSSR count). The number of rotatable bonds is 3. The van der Waals surface area contributed by atoms with Gasteiger partial charge in [0, 0.05) is 6.54 Å². The number of aromatic nitrogens is 3. The summed E-state index contributed by atoms with van der Waals surface area (Å²) >= 11 is 11.4. The SMILES string of the molecule is OC1(CNc2nc(Cl)nnc2Cl)CCCCC1. The molecule has 5 nitrogen and oxygen atoms in total. The summed E-state index contributed by atoms with van der Waals surface area (Å²) in [6, 6.07) is 0. The molecule has 2 N–H and O–H groups in total. The smallest absolute Gasteiger partial charge is 0.245 e. The van der Waals surface area contributed by atoms with Crippen molar-refractivity contribution >= 4 is 29.0 Å². The van der Waals surface area contributed by atoms with Gasteiger partial charge in [-0.2, -0.15) is 4.98 Å². The van der Waals surface area contributed by atoms with Crippen molar-refractivity contribution in [3.63, 3.8) is 0 Å². The minimum Gasteiger partial charge on any atom is -0.388 e. The minimum atomic E-state index is -0.682. The van der Waals surface area contributed by atoms with Crippen LogP contribution in [0.3, 0.4) is 0 Å². The van der Waals surface area contributed by atoms with E-state index in [9.17, 15) is 5.11 Å². The molecule has 1 aromatic heterocycles. The fraction of sp³-hybridized carbons (Fsp3) is 0.700. The van der Waals surface area contributed by atoms with Crippen molar-refractivity contribution in [2.45, 2.75) is 37.7 Å². The second kappa shape index (κ2) is 5.33. The summed E-state index contributed by atoms with van der Waals surface area (Å²) < 4.78 is 0. The quantitative estimate of drug-likeness (QED) is 0.887. The van der Waals surface area contributed by atoms with Crippen LogP contribution in [0.15, 0.2) is 0 Å². The molecule has 0 saturated heterocycles. The maximum atomic E-state index is 10.3. The zero-order valence-electron chi connectivity index (χ0n) is 9.29. The van der Waals surface area contributed by atoms with E-state index in [0.29, 0.717) is 12.4 Å². The Hall–Kier alpha value is -0.650. The van der Waals surface area contributed by atoms with Crippen molar-refractivity contribution in [2.24, 2.45) is 0 Å². The molecule has 0 unspecified atom stereocenters. The predicted octanol–water partition coefficient (Wildman–Crippen LogP) is 2.29. The van der Waals surface area contributed by atoms with Gasteiger partial charge in [-0.15, -0.1) is 10.2 Å². The molecule has 94 valence electrons.